The van der Waals surface area contributed by atoms with Crippen molar-refractivity contribution in [3.8, 4) is 0 Å². The molecule has 2 aliphatic heterocycles. The molecule has 0 radical (unpaired) electrons. The maximum atomic E-state index is 15.9. The fourth-order valence-corrected chi connectivity index (χ4v) is 6.00. The molecule has 3 aromatic rings. The number of nitrogens with one attached hydrogen (secondary N) is 2. The minimum Gasteiger partial charge on any atom is -0.477 e. The van der Waals surface area contributed by atoms with E-state index in [-0.39, 0.29) is 40.1 Å². The van der Waals surface area contributed by atoms with E-state index in [1.165, 1.54) is 12.1 Å². The van der Waals surface area contributed by atoms with Gasteiger partial charge in [0.25, 0.3) is 5.56 Å². The van der Waals surface area contributed by atoms with Crippen molar-refractivity contribution in [2.75, 3.05) is 19.6 Å². The van der Waals surface area contributed by atoms with E-state index in [9.17, 15) is 28.3 Å². The van der Waals surface area contributed by atoms with Gasteiger partial charge >= 0.3 is 5.97 Å². The van der Waals surface area contributed by atoms with E-state index >= 15 is 4.39 Å². The number of Topliss-reactive ketones (excluding diaryl/α,β-unsaturated/α-hetero) is 1. The van der Waals surface area contributed by atoms with Crippen LogP contribution >= 0.6 is 0 Å². The molecular weight excluding hydrogens is 501 g/mol. The monoisotopic (exact) mass is 525 g/mol. The molecule has 1 aromatic heterocycles. The quantitative estimate of drug-likeness (QED) is 0.357. The van der Waals surface area contributed by atoms with Crippen LogP contribution in [0.1, 0.15) is 35.7 Å². The number of carboxylic acids is 1. The smallest absolute Gasteiger partial charge is 0.345 e. The summed E-state index contributed by atoms with van der Waals surface area (Å²) in [7, 11) is 0. The van der Waals surface area contributed by atoms with Crippen molar-refractivity contribution in [1.82, 2.24) is 19.9 Å². The minimum atomic E-state index is -1.53. The summed E-state index contributed by atoms with van der Waals surface area (Å²) in [6.07, 6.45) is 1.24. The summed E-state index contributed by atoms with van der Waals surface area (Å²) in [6, 6.07) is 6.88. The fraction of sp³-hybridized carbons (Fsp3) is 0.296. The molecule has 0 bridgehead atoms. The summed E-state index contributed by atoms with van der Waals surface area (Å²) in [5, 5.41) is 16.0. The Hall–Kier alpha value is -3.80. The van der Waals surface area contributed by atoms with Crippen molar-refractivity contribution in [1.29, 1.82) is 0 Å². The molecule has 3 N–H and O–H groups in total. The van der Waals surface area contributed by atoms with Gasteiger partial charge in [-0.05, 0) is 31.2 Å². The number of carbonyl (C=O) groups is 2. The highest BCUT2D eigenvalue weighted by atomic mass is 19.1. The van der Waals surface area contributed by atoms with E-state index in [0.717, 1.165) is 18.2 Å². The van der Waals surface area contributed by atoms with Gasteiger partial charge in [-0.25, -0.2) is 18.0 Å². The molecule has 2 aromatic carbocycles. The topological polar surface area (TPSA) is 102 Å². The number of hydrogen-bond acceptors (Lipinski definition) is 5. The van der Waals surface area contributed by atoms with Crippen LogP contribution in [0.3, 0.4) is 0 Å². The van der Waals surface area contributed by atoms with E-state index in [2.05, 4.69) is 10.3 Å². The van der Waals surface area contributed by atoms with Gasteiger partial charge in [0.1, 0.15) is 11.9 Å². The standard InChI is InChI=1S/C27H23F3N4O4/c1-13-12-33(7-6-31-13)34(17-4-5-17)23(15-3-2-14-8-20(30)26(36)32-21(14)9-15)22(27(37)38)25(35)18-10-16(28)11-19(29)24(18)34/h2-3,8-11,13,17,31H,4-7,12H2,1H3,(H-,32,36,37,38)/p+1. The lowest BCUT2D eigenvalue weighted by molar-refractivity contribution is -0.132. The van der Waals surface area contributed by atoms with Crippen molar-refractivity contribution in [2.24, 2.45) is 0 Å². The number of pyridine rings is 1. The maximum Gasteiger partial charge on any atom is 0.345 e. The van der Waals surface area contributed by atoms with Gasteiger partial charge < -0.3 is 15.4 Å². The predicted molar refractivity (Wildman–Crippen MR) is 134 cm³/mol. The van der Waals surface area contributed by atoms with Gasteiger partial charge in [0, 0.05) is 48.0 Å². The highest BCUT2D eigenvalue weighted by Crippen LogP contribution is 2.54. The van der Waals surface area contributed by atoms with Crippen molar-refractivity contribution < 1.29 is 27.9 Å². The van der Waals surface area contributed by atoms with Crippen LogP contribution in [0.25, 0.3) is 16.6 Å². The molecule has 2 atom stereocenters. The average molecular weight is 526 g/mol. The molecule has 1 saturated carbocycles. The molecule has 11 heteroatoms. The lowest BCUT2D eigenvalue weighted by atomic mass is 9.88. The van der Waals surface area contributed by atoms with Gasteiger partial charge in [-0.3, -0.25) is 9.59 Å². The van der Waals surface area contributed by atoms with E-state index < -0.39 is 44.9 Å². The molecule has 38 heavy (non-hydrogen) atoms. The number of hydrogen-bond donors (Lipinski definition) is 3. The SMILES string of the molecule is CC1CN([N+]2(C3CC3)C(c3ccc4cc(F)c(=O)[nH]c4c3)=C(C(=O)O)C(=O)c3cc(F)cc(F)c32)CCN1. The van der Waals surface area contributed by atoms with Crippen molar-refractivity contribution in [3.63, 3.8) is 0 Å². The Morgan fingerprint density at radius 1 is 1.08 bits per heavy atom. The Morgan fingerprint density at radius 2 is 1.84 bits per heavy atom. The number of aromatic nitrogens is 1. The third-order valence-corrected chi connectivity index (χ3v) is 7.58. The predicted octanol–water partition coefficient (Wildman–Crippen LogP) is 3.32. The summed E-state index contributed by atoms with van der Waals surface area (Å²) in [4.78, 5) is 40.9. The molecule has 0 spiro atoms. The Balaban J connectivity index is 1.75. The van der Waals surface area contributed by atoms with Gasteiger partial charge in [0.2, 0.25) is 11.5 Å². The number of rotatable bonds is 4. The normalized spacial score (nSPS) is 24.1. The van der Waals surface area contributed by atoms with Crippen LogP contribution in [0.2, 0.25) is 0 Å². The molecule has 0 amide bonds. The van der Waals surface area contributed by atoms with Gasteiger partial charge in [-0.1, -0.05) is 6.07 Å². The maximum absolute atomic E-state index is 15.9. The van der Waals surface area contributed by atoms with Crippen LogP contribution in [-0.2, 0) is 4.79 Å². The average Bonchev–Trinajstić information content (AvgIpc) is 3.70. The van der Waals surface area contributed by atoms with Crippen molar-refractivity contribution in [3.05, 3.63) is 80.9 Å². The fourth-order valence-electron chi connectivity index (χ4n) is 6.00. The number of H-pyrrole nitrogens is 1. The summed E-state index contributed by atoms with van der Waals surface area (Å²) >= 11 is 0. The summed E-state index contributed by atoms with van der Waals surface area (Å²) in [5.74, 6) is -5.41. The number of nitrogens with zero attached hydrogens (tertiary/aromatic N) is 2. The number of aliphatic carboxylic acids is 1. The van der Waals surface area contributed by atoms with Crippen LogP contribution in [-0.4, -0.2) is 58.6 Å². The first-order valence-electron chi connectivity index (χ1n) is 12.4. The molecule has 6 rings (SSSR count). The Kier molecular flexibility index (Phi) is 5.56. The zero-order chi connectivity index (χ0) is 26.9. The van der Waals surface area contributed by atoms with Gasteiger partial charge in [0.05, 0.1) is 18.7 Å². The minimum absolute atomic E-state index is 0.0347. The molecule has 2 unspecified atom stereocenters. The number of fused-ring (bicyclic) bond motifs is 2. The van der Waals surface area contributed by atoms with Crippen LogP contribution in [0.4, 0.5) is 18.9 Å². The zero-order valence-corrected chi connectivity index (χ0v) is 20.4. The number of halogens is 3. The molecule has 196 valence electrons. The van der Waals surface area contributed by atoms with Crippen LogP contribution < -0.4 is 15.5 Å². The summed E-state index contributed by atoms with van der Waals surface area (Å²) in [5.41, 5.74) is -1.41. The Morgan fingerprint density at radius 3 is 2.53 bits per heavy atom. The third kappa shape index (κ3) is 3.53. The summed E-state index contributed by atoms with van der Waals surface area (Å²) < 4.78 is 43.9. The number of piperazine rings is 1. The van der Waals surface area contributed by atoms with Crippen molar-refractivity contribution in [2.45, 2.75) is 31.8 Å². The Bertz CT molecular complexity index is 1630. The van der Waals surface area contributed by atoms with E-state index in [1.807, 2.05) is 11.9 Å². The molecule has 1 saturated heterocycles. The second-order valence-electron chi connectivity index (χ2n) is 10.1. The first-order chi connectivity index (χ1) is 18.1. The van der Waals surface area contributed by atoms with E-state index in [0.29, 0.717) is 37.9 Å². The van der Waals surface area contributed by atoms with Crippen LogP contribution in [0.15, 0.2) is 46.8 Å². The number of quaternary nitrogens is 1. The molecule has 3 heterocycles. The van der Waals surface area contributed by atoms with Gasteiger partial charge in [0.15, 0.2) is 22.9 Å². The van der Waals surface area contributed by atoms with Crippen molar-refractivity contribution >= 4 is 34.0 Å². The number of carboxylic acid groups (broad SMARTS) is 1. The lowest BCUT2D eigenvalue weighted by Crippen LogP contribution is -2.69. The summed E-state index contributed by atoms with van der Waals surface area (Å²) in [6.45, 7) is 3.27. The molecule has 8 nitrogen and oxygen atoms in total. The molecular formula is C27H24F3N4O4+. The molecule has 3 aliphatic rings. The third-order valence-electron chi connectivity index (χ3n) is 7.58. The number of ketones is 1. The number of carbonyl (C=O) groups excluding carboxylic acids is 1. The highest BCUT2D eigenvalue weighted by molar-refractivity contribution is 6.32. The van der Waals surface area contributed by atoms with E-state index in [4.69, 9.17) is 0 Å². The number of aromatic amines is 1. The second kappa shape index (κ2) is 8.62. The van der Waals surface area contributed by atoms with Crippen LogP contribution in [0.5, 0.6) is 0 Å². The van der Waals surface area contributed by atoms with Crippen LogP contribution in [0, 0.1) is 17.5 Å². The van der Waals surface area contributed by atoms with Gasteiger partial charge in [-0.2, -0.15) is 4.59 Å². The second-order valence-corrected chi connectivity index (χ2v) is 10.1. The lowest BCUT2D eigenvalue weighted by Gasteiger charge is -2.51. The largest absolute Gasteiger partial charge is 0.477 e. The first kappa shape index (κ1) is 24.5. The molecule has 1 aliphatic carbocycles. The first-order valence-corrected chi connectivity index (χ1v) is 12.4. The molecule has 2 fully saturated rings. The van der Waals surface area contributed by atoms with Gasteiger partial charge in [-0.15, -0.1) is 5.01 Å². The zero-order valence-electron chi connectivity index (χ0n) is 20.4. The van der Waals surface area contributed by atoms with E-state index in [1.54, 1.807) is 6.07 Å². The number of benzene rings is 2. The Labute approximate surface area is 214 Å². The highest BCUT2D eigenvalue weighted by Gasteiger charge is 2.62.